The van der Waals surface area contributed by atoms with Crippen LogP contribution in [0.3, 0.4) is 0 Å². The number of hydrogen-bond acceptors (Lipinski definition) is 7. The number of tetrazole rings is 1. The average molecular weight is 635 g/mol. The molecule has 1 atom stereocenters. The second-order valence-electron chi connectivity index (χ2n) is 11.1. The molecular formula is C34H28ClFN8O2. The molecule has 46 heavy (non-hydrogen) atoms. The first-order valence-corrected chi connectivity index (χ1v) is 15.1. The van der Waals surface area contributed by atoms with Gasteiger partial charge in [0.2, 0.25) is 0 Å². The van der Waals surface area contributed by atoms with Crippen molar-refractivity contribution >= 4 is 17.5 Å². The number of benzene rings is 3. The van der Waals surface area contributed by atoms with Gasteiger partial charge in [0.15, 0.2) is 5.82 Å². The maximum atomic E-state index is 15.4. The molecule has 1 aliphatic rings. The number of aromatic nitrogens is 7. The van der Waals surface area contributed by atoms with E-state index < -0.39 is 5.82 Å². The summed E-state index contributed by atoms with van der Waals surface area (Å²) in [6.07, 6.45) is 9.44. The van der Waals surface area contributed by atoms with E-state index in [4.69, 9.17) is 26.4 Å². The van der Waals surface area contributed by atoms with Crippen LogP contribution in [0.1, 0.15) is 40.5 Å². The summed E-state index contributed by atoms with van der Waals surface area (Å²) in [7, 11) is 1.63. The smallest absolute Gasteiger partial charge is 0.251 e. The summed E-state index contributed by atoms with van der Waals surface area (Å²) in [4.78, 5) is 17.3. The number of methoxy groups -OCH3 is 1. The van der Waals surface area contributed by atoms with Gasteiger partial charge in [0.05, 0.1) is 35.8 Å². The van der Waals surface area contributed by atoms with Gasteiger partial charge in [-0.05, 0) is 76.9 Å². The van der Waals surface area contributed by atoms with Crippen LogP contribution < -0.4 is 10.1 Å². The highest BCUT2D eigenvalue weighted by Crippen LogP contribution is 2.34. The lowest BCUT2D eigenvalue weighted by molar-refractivity contribution is 0.0951. The van der Waals surface area contributed by atoms with Crippen molar-refractivity contribution in [2.24, 2.45) is 0 Å². The molecule has 0 spiro atoms. The Hall–Kier alpha value is -5.42. The van der Waals surface area contributed by atoms with Crippen molar-refractivity contribution in [2.75, 3.05) is 7.11 Å². The number of hydrogen-bond donors (Lipinski definition) is 1. The first kappa shape index (κ1) is 29.3. The van der Waals surface area contributed by atoms with Gasteiger partial charge in [0.1, 0.15) is 12.1 Å². The molecule has 1 amide bonds. The van der Waals surface area contributed by atoms with Crippen molar-refractivity contribution < 1.29 is 13.9 Å². The first-order chi connectivity index (χ1) is 22.5. The first-order valence-electron chi connectivity index (χ1n) is 14.7. The highest BCUT2D eigenvalue weighted by atomic mass is 35.5. The molecule has 10 nitrogen and oxygen atoms in total. The molecule has 0 saturated heterocycles. The molecule has 3 aromatic heterocycles. The highest BCUT2D eigenvalue weighted by Gasteiger charge is 2.24. The Labute approximate surface area is 268 Å². The van der Waals surface area contributed by atoms with Gasteiger partial charge in [-0.2, -0.15) is 9.78 Å². The van der Waals surface area contributed by atoms with Gasteiger partial charge in [-0.1, -0.05) is 41.9 Å². The van der Waals surface area contributed by atoms with Gasteiger partial charge < -0.3 is 10.1 Å². The minimum Gasteiger partial charge on any atom is -0.497 e. The van der Waals surface area contributed by atoms with Gasteiger partial charge in [0.25, 0.3) is 5.91 Å². The van der Waals surface area contributed by atoms with Crippen molar-refractivity contribution in [3.05, 3.63) is 125 Å². The lowest BCUT2D eigenvalue weighted by Crippen LogP contribution is -2.25. The zero-order valence-corrected chi connectivity index (χ0v) is 25.5. The average Bonchev–Trinajstić information content (AvgIpc) is 3.51. The third-order valence-corrected chi connectivity index (χ3v) is 8.28. The molecule has 1 aliphatic carbocycles. The molecule has 0 aliphatic heterocycles. The van der Waals surface area contributed by atoms with E-state index in [-0.39, 0.29) is 22.5 Å². The largest absolute Gasteiger partial charge is 0.497 e. The third-order valence-electron chi connectivity index (χ3n) is 7.99. The summed E-state index contributed by atoms with van der Waals surface area (Å²) < 4.78 is 24.0. The summed E-state index contributed by atoms with van der Waals surface area (Å²) >= 11 is 6.17. The maximum Gasteiger partial charge on any atom is 0.251 e. The molecule has 0 radical (unpaired) electrons. The Bertz CT molecular complexity index is 1970. The second-order valence-corrected chi connectivity index (χ2v) is 11.5. The second kappa shape index (κ2) is 12.5. The van der Waals surface area contributed by atoms with Crippen molar-refractivity contribution in [2.45, 2.75) is 31.3 Å². The van der Waals surface area contributed by atoms with Gasteiger partial charge >= 0.3 is 0 Å². The van der Waals surface area contributed by atoms with Gasteiger partial charge in [-0.25, -0.2) is 4.39 Å². The molecule has 6 aromatic rings. The summed E-state index contributed by atoms with van der Waals surface area (Å²) in [6, 6.07) is 22.2. The predicted molar refractivity (Wildman–Crippen MR) is 170 cm³/mol. The van der Waals surface area contributed by atoms with Crippen molar-refractivity contribution in [3.8, 4) is 33.7 Å². The molecule has 0 bridgehead atoms. The topological polar surface area (TPSA) is 113 Å². The monoisotopic (exact) mass is 634 g/mol. The number of nitrogens with one attached hydrogen (secondary N) is 1. The zero-order valence-electron chi connectivity index (χ0n) is 24.7. The molecule has 1 saturated carbocycles. The molecule has 1 fully saturated rings. The summed E-state index contributed by atoms with van der Waals surface area (Å²) in [5.74, 6) is 0.119. The molecule has 3 aromatic carbocycles. The number of carbonyl (C=O) groups is 1. The fraction of sp³-hybridized carbons (Fsp3) is 0.176. The minimum atomic E-state index is -0.591. The molecule has 1 N–H and O–H groups in total. The maximum absolute atomic E-state index is 15.4. The van der Waals surface area contributed by atoms with E-state index in [1.807, 2.05) is 71.5 Å². The fourth-order valence-electron chi connectivity index (χ4n) is 5.31. The number of rotatable bonds is 10. The number of pyridine rings is 1. The van der Waals surface area contributed by atoms with Crippen LogP contribution in [0.2, 0.25) is 5.02 Å². The number of carbonyl (C=O) groups excluding carboxylic acids is 1. The number of halogens is 2. The van der Waals surface area contributed by atoms with E-state index in [0.717, 1.165) is 41.0 Å². The molecule has 12 heteroatoms. The molecule has 3 heterocycles. The standard InChI is InChI=1S/C34H28ClFN8O2/c1-46-27-11-2-21(3-12-27)16-31(43-19-25(18-39-43)22-4-6-23(7-5-22)34(45)40-26-9-10-26)29-14-8-24(17-37-29)32-30(44-20-38-41-42-44)15-13-28(35)33(32)36/h2-8,11-15,17-20,26,31H,9-10,16H2,1H3,(H,40,45). The van der Waals surface area contributed by atoms with E-state index in [1.54, 1.807) is 25.6 Å². The molecular weight excluding hydrogens is 607 g/mol. The van der Waals surface area contributed by atoms with Crippen LogP contribution >= 0.6 is 11.6 Å². The van der Waals surface area contributed by atoms with Crippen LogP contribution in [0.5, 0.6) is 5.75 Å². The lowest BCUT2D eigenvalue weighted by atomic mass is 10.00. The number of amides is 1. The van der Waals surface area contributed by atoms with Crippen LogP contribution in [-0.2, 0) is 6.42 Å². The minimum absolute atomic E-state index is 0.0195. The van der Waals surface area contributed by atoms with Crippen LogP contribution in [-0.4, -0.2) is 54.0 Å². The fourth-order valence-corrected chi connectivity index (χ4v) is 5.47. The van der Waals surface area contributed by atoms with Crippen LogP contribution in [0.4, 0.5) is 4.39 Å². The lowest BCUT2D eigenvalue weighted by Gasteiger charge is -2.19. The Morgan fingerprint density at radius 3 is 2.46 bits per heavy atom. The van der Waals surface area contributed by atoms with Gasteiger partial charge in [0, 0.05) is 47.1 Å². The van der Waals surface area contributed by atoms with E-state index >= 15 is 4.39 Å². The Balaban J connectivity index is 1.21. The normalized spacial score (nSPS) is 13.4. The Morgan fingerprint density at radius 2 is 1.78 bits per heavy atom. The summed E-state index contributed by atoms with van der Waals surface area (Å²) in [5.41, 5.74) is 5.44. The summed E-state index contributed by atoms with van der Waals surface area (Å²) in [5, 5.41) is 19.0. The van der Waals surface area contributed by atoms with E-state index in [0.29, 0.717) is 29.3 Å². The van der Waals surface area contributed by atoms with E-state index in [1.165, 1.54) is 17.1 Å². The van der Waals surface area contributed by atoms with E-state index in [2.05, 4.69) is 20.8 Å². The Morgan fingerprint density at radius 1 is 1.00 bits per heavy atom. The van der Waals surface area contributed by atoms with Crippen molar-refractivity contribution in [1.29, 1.82) is 0 Å². The van der Waals surface area contributed by atoms with Crippen molar-refractivity contribution in [3.63, 3.8) is 0 Å². The van der Waals surface area contributed by atoms with Crippen LogP contribution in [0.25, 0.3) is 27.9 Å². The van der Waals surface area contributed by atoms with Gasteiger partial charge in [-0.3, -0.25) is 14.5 Å². The molecule has 1 unspecified atom stereocenters. The van der Waals surface area contributed by atoms with Crippen LogP contribution in [0, 0.1) is 5.82 Å². The number of ether oxygens (including phenoxy) is 1. The number of nitrogens with zero attached hydrogens (tertiary/aromatic N) is 7. The highest BCUT2D eigenvalue weighted by molar-refractivity contribution is 6.31. The zero-order chi connectivity index (χ0) is 31.6. The van der Waals surface area contributed by atoms with E-state index in [9.17, 15) is 4.79 Å². The van der Waals surface area contributed by atoms with Crippen LogP contribution in [0.15, 0.2) is 97.7 Å². The predicted octanol–water partition coefficient (Wildman–Crippen LogP) is 6.11. The molecule has 7 rings (SSSR count). The Kier molecular flexibility index (Phi) is 7.98. The summed E-state index contributed by atoms with van der Waals surface area (Å²) in [6.45, 7) is 0. The third kappa shape index (κ3) is 6.09. The van der Waals surface area contributed by atoms with Gasteiger partial charge in [-0.15, -0.1) is 5.10 Å². The quantitative estimate of drug-likeness (QED) is 0.193. The van der Waals surface area contributed by atoms with Crippen molar-refractivity contribution in [1.82, 2.24) is 40.3 Å². The molecule has 230 valence electrons. The SMILES string of the molecule is COc1ccc(CC(c2ccc(-c3c(-n4cnnn4)ccc(Cl)c3F)cn2)n2cc(-c3ccc(C(=O)NC4CC4)cc3)cn2)cc1.